The first-order chi connectivity index (χ1) is 17.2. The van der Waals surface area contributed by atoms with E-state index in [1.54, 1.807) is 30.3 Å². The molecule has 2 aromatic heterocycles. The van der Waals surface area contributed by atoms with Crippen LogP contribution in [0, 0.1) is 5.82 Å². The van der Waals surface area contributed by atoms with E-state index in [1.807, 2.05) is 13.8 Å². The molecule has 1 amide bonds. The highest BCUT2D eigenvalue weighted by Crippen LogP contribution is 2.43. The molecule has 5 aromatic rings. The number of hydrogen-bond acceptors (Lipinski definition) is 6. The van der Waals surface area contributed by atoms with Crippen molar-refractivity contribution in [1.82, 2.24) is 15.0 Å². The van der Waals surface area contributed by atoms with Gasteiger partial charge < -0.3 is 15.0 Å². The fourth-order valence-electron chi connectivity index (χ4n) is 4.30. The Morgan fingerprint density at radius 1 is 1.14 bits per heavy atom. The summed E-state index contributed by atoms with van der Waals surface area (Å²) in [6.07, 6.45) is 0.578. The van der Waals surface area contributed by atoms with Gasteiger partial charge in [0.1, 0.15) is 17.2 Å². The number of thiazole rings is 1. The lowest BCUT2D eigenvalue weighted by Gasteiger charge is -2.17. The van der Waals surface area contributed by atoms with Crippen LogP contribution in [0.4, 0.5) is 21.2 Å². The molecule has 0 saturated heterocycles. The summed E-state index contributed by atoms with van der Waals surface area (Å²) in [4.78, 5) is 25.7. The Labute approximate surface area is 218 Å². The van der Waals surface area contributed by atoms with Crippen LogP contribution in [0.2, 0.25) is 10.0 Å². The average Bonchev–Trinajstić information content (AvgIpc) is 3.48. The van der Waals surface area contributed by atoms with Crippen molar-refractivity contribution in [3.05, 3.63) is 69.5 Å². The minimum atomic E-state index is -0.510. The molecule has 1 aliphatic rings. The summed E-state index contributed by atoms with van der Waals surface area (Å²) in [6, 6.07) is 11.2. The monoisotopic (exact) mass is 541 g/mol. The fraction of sp³-hybridized carbons (Fsp3) is 0.160. The van der Waals surface area contributed by atoms with Crippen LogP contribution >= 0.6 is 34.5 Å². The fourth-order valence-corrected chi connectivity index (χ4v) is 5.68. The second kappa shape index (κ2) is 8.33. The van der Waals surface area contributed by atoms with Crippen LogP contribution in [0.1, 0.15) is 29.8 Å². The number of imidazole rings is 1. The Morgan fingerprint density at radius 3 is 2.69 bits per heavy atom. The summed E-state index contributed by atoms with van der Waals surface area (Å²) in [7, 11) is 0. The molecule has 6 rings (SSSR count). The molecule has 11 heteroatoms. The minimum Gasteiger partial charge on any atom is -0.486 e. The minimum absolute atomic E-state index is 0.335. The van der Waals surface area contributed by atoms with Crippen LogP contribution in [-0.2, 0) is 6.42 Å². The summed E-state index contributed by atoms with van der Waals surface area (Å²) in [5.74, 6) is 0.168. The molecule has 3 heterocycles. The Kier molecular flexibility index (Phi) is 5.33. The van der Waals surface area contributed by atoms with E-state index in [9.17, 15) is 9.18 Å². The molecule has 0 fully saturated rings. The zero-order valence-electron chi connectivity index (χ0n) is 19.0. The van der Waals surface area contributed by atoms with Gasteiger partial charge in [-0.1, -0.05) is 40.6 Å². The maximum atomic E-state index is 13.6. The Morgan fingerprint density at radius 2 is 1.92 bits per heavy atom. The molecule has 36 heavy (non-hydrogen) atoms. The van der Waals surface area contributed by atoms with E-state index in [0.29, 0.717) is 60.3 Å². The summed E-state index contributed by atoms with van der Waals surface area (Å²) >= 11 is 13.8. The van der Waals surface area contributed by atoms with E-state index < -0.39 is 11.5 Å². The van der Waals surface area contributed by atoms with E-state index in [1.165, 1.54) is 23.5 Å². The van der Waals surface area contributed by atoms with Crippen LogP contribution in [0.5, 0.6) is 5.75 Å². The molecular formula is C25H18Cl2FN5O2S. The zero-order valence-corrected chi connectivity index (χ0v) is 21.3. The topological polar surface area (TPSA) is 91.9 Å². The molecule has 0 aliphatic carbocycles. The number of hydrogen-bond donors (Lipinski definition) is 3. The number of rotatable bonds is 4. The number of H-pyrrole nitrogens is 1. The Balaban J connectivity index is 1.40. The van der Waals surface area contributed by atoms with E-state index in [4.69, 9.17) is 27.9 Å². The summed E-state index contributed by atoms with van der Waals surface area (Å²) in [5, 5.41) is 7.24. The number of halogens is 3. The highest BCUT2D eigenvalue weighted by Gasteiger charge is 2.36. The molecular weight excluding hydrogens is 524 g/mol. The number of carbonyl (C=O) groups is 1. The van der Waals surface area contributed by atoms with E-state index in [-0.39, 0.29) is 5.82 Å². The Bertz CT molecular complexity index is 1680. The largest absolute Gasteiger partial charge is 0.486 e. The molecule has 0 spiro atoms. The van der Waals surface area contributed by atoms with Crippen LogP contribution in [0.25, 0.3) is 21.3 Å². The molecule has 0 saturated carbocycles. The van der Waals surface area contributed by atoms with Gasteiger partial charge in [-0.3, -0.25) is 10.1 Å². The molecule has 1 aliphatic heterocycles. The van der Waals surface area contributed by atoms with Gasteiger partial charge in [0.05, 0.1) is 42.5 Å². The van der Waals surface area contributed by atoms with Crippen LogP contribution in [0.15, 0.2) is 42.5 Å². The summed E-state index contributed by atoms with van der Waals surface area (Å²) in [5.41, 5.74) is 3.14. The van der Waals surface area contributed by atoms with Crippen LogP contribution < -0.4 is 15.4 Å². The van der Waals surface area contributed by atoms with Crippen molar-refractivity contribution in [3.63, 3.8) is 0 Å². The van der Waals surface area contributed by atoms with Crippen LogP contribution in [-0.4, -0.2) is 26.5 Å². The number of benzene rings is 3. The first kappa shape index (κ1) is 23.0. The number of para-hydroxylation sites is 1. The number of amides is 1. The quantitative estimate of drug-likeness (QED) is 0.221. The second-order valence-electron chi connectivity index (χ2n) is 9.06. The molecule has 0 bridgehead atoms. The first-order valence-corrected chi connectivity index (χ1v) is 12.6. The van der Waals surface area contributed by atoms with Gasteiger partial charge in [-0.15, -0.1) is 0 Å². The van der Waals surface area contributed by atoms with Gasteiger partial charge in [-0.25, -0.2) is 14.4 Å². The number of fused-ring (bicyclic) bond motifs is 4. The van der Waals surface area contributed by atoms with Gasteiger partial charge >= 0.3 is 0 Å². The average molecular weight is 542 g/mol. The van der Waals surface area contributed by atoms with Crippen molar-refractivity contribution in [2.45, 2.75) is 25.9 Å². The maximum Gasteiger partial charge on any atom is 0.261 e. The highest BCUT2D eigenvalue weighted by molar-refractivity contribution is 7.22. The third-order valence-electron chi connectivity index (χ3n) is 5.84. The first-order valence-electron chi connectivity index (χ1n) is 11.0. The van der Waals surface area contributed by atoms with Gasteiger partial charge in [0.25, 0.3) is 5.91 Å². The molecule has 0 unspecified atom stereocenters. The lowest BCUT2D eigenvalue weighted by Crippen LogP contribution is -2.25. The van der Waals surface area contributed by atoms with Crippen molar-refractivity contribution in [2.75, 3.05) is 10.6 Å². The van der Waals surface area contributed by atoms with Gasteiger partial charge in [0.15, 0.2) is 5.13 Å². The molecule has 3 N–H and O–H groups in total. The predicted molar refractivity (Wildman–Crippen MR) is 142 cm³/mol. The molecule has 3 aromatic carbocycles. The number of nitrogens with zero attached hydrogens (tertiary/aromatic N) is 2. The Hall–Kier alpha value is -3.40. The third-order valence-corrected chi connectivity index (χ3v) is 7.40. The van der Waals surface area contributed by atoms with Crippen molar-refractivity contribution >= 4 is 78.5 Å². The standard InChI is InChI=1S/C25H18Cl2FN5O2S/c1-25(2)10-13-19-17(29-23(31-19)32-20-14(26)4-3-5-15(20)27)9-12(21(13)35-25)22(34)33-24-30-16-7-6-11(28)8-18(16)36-24/h3-9H,10H2,1-2H3,(H2,29,31,32)(H,30,33,34). The number of ether oxygens (including phenoxy) is 1. The van der Waals surface area contributed by atoms with E-state index in [2.05, 4.69) is 25.6 Å². The third kappa shape index (κ3) is 4.03. The van der Waals surface area contributed by atoms with Gasteiger partial charge in [0, 0.05) is 12.0 Å². The van der Waals surface area contributed by atoms with Gasteiger partial charge in [-0.05, 0) is 50.2 Å². The zero-order chi connectivity index (χ0) is 25.2. The van der Waals surface area contributed by atoms with Crippen molar-refractivity contribution in [3.8, 4) is 5.75 Å². The maximum absolute atomic E-state index is 13.6. The van der Waals surface area contributed by atoms with Crippen molar-refractivity contribution < 1.29 is 13.9 Å². The number of aromatic amines is 1. The second-order valence-corrected chi connectivity index (χ2v) is 10.9. The van der Waals surface area contributed by atoms with Gasteiger partial charge in [-0.2, -0.15) is 0 Å². The van der Waals surface area contributed by atoms with E-state index >= 15 is 0 Å². The highest BCUT2D eigenvalue weighted by atomic mass is 35.5. The number of anilines is 3. The summed E-state index contributed by atoms with van der Waals surface area (Å²) < 4.78 is 20.4. The number of aromatic nitrogens is 3. The lowest BCUT2D eigenvalue weighted by molar-refractivity contribution is 0.101. The molecule has 0 radical (unpaired) electrons. The van der Waals surface area contributed by atoms with Gasteiger partial charge in [0.2, 0.25) is 5.95 Å². The smallest absolute Gasteiger partial charge is 0.261 e. The molecule has 182 valence electrons. The SMILES string of the molecule is CC1(C)Cc2c(c(C(=O)Nc3nc4ccc(F)cc4s3)cc3nc(Nc4c(Cl)cccc4Cl)[nH]c23)O1. The summed E-state index contributed by atoms with van der Waals surface area (Å²) in [6.45, 7) is 3.92. The number of carbonyl (C=O) groups excluding carboxylic acids is 1. The number of nitrogens with one attached hydrogen (secondary N) is 3. The normalized spacial score (nSPS) is 14.1. The van der Waals surface area contributed by atoms with Crippen LogP contribution in [0.3, 0.4) is 0 Å². The molecule has 7 nitrogen and oxygen atoms in total. The molecule has 0 atom stereocenters. The predicted octanol–water partition coefficient (Wildman–Crippen LogP) is 7.33. The van der Waals surface area contributed by atoms with Crippen molar-refractivity contribution in [1.29, 1.82) is 0 Å². The van der Waals surface area contributed by atoms with Crippen molar-refractivity contribution in [2.24, 2.45) is 0 Å². The lowest BCUT2D eigenvalue weighted by atomic mass is 9.99. The van der Waals surface area contributed by atoms with E-state index in [0.717, 1.165) is 11.1 Å².